The zero-order valence-electron chi connectivity index (χ0n) is 12.9. The van der Waals surface area contributed by atoms with Gasteiger partial charge in [-0.3, -0.25) is 0 Å². The lowest BCUT2D eigenvalue weighted by Crippen LogP contribution is -2.41. The zero-order valence-corrected chi connectivity index (χ0v) is 13.9. The molecule has 3 nitrogen and oxygen atoms in total. The van der Waals surface area contributed by atoms with E-state index in [2.05, 4.69) is 39.2 Å². The molecule has 19 heavy (non-hydrogen) atoms. The molecule has 0 aliphatic heterocycles. The standard InChI is InChI=1S/C15H27NO2Si/c1-15(2,3)19(5,6)18-11-14(17)12-8-7-9-13(10-12)16-4/h7-10,14,16-17H,11H2,1-6H3. The number of hydrogen-bond donors (Lipinski definition) is 2. The highest BCUT2D eigenvalue weighted by Gasteiger charge is 2.37. The third-order valence-corrected chi connectivity index (χ3v) is 8.47. The predicted octanol–water partition coefficient (Wildman–Crippen LogP) is 3.78. The van der Waals surface area contributed by atoms with Gasteiger partial charge in [0.25, 0.3) is 0 Å². The monoisotopic (exact) mass is 281 g/mol. The van der Waals surface area contributed by atoms with E-state index in [1.807, 2.05) is 31.3 Å². The predicted molar refractivity (Wildman–Crippen MR) is 84.1 cm³/mol. The first-order valence-corrected chi connectivity index (χ1v) is 9.68. The Morgan fingerprint density at radius 3 is 2.47 bits per heavy atom. The molecular weight excluding hydrogens is 254 g/mol. The van der Waals surface area contributed by atoms with Crippen LogP contribution < -0.4 is 5.32 Å². The molecule has 0 aliphatic rings. The molecule has 0 spiro atoms. The van der Waals surface area contributed by atoms with E-state index in [1.54, 1.807) is 0 Å². The van der Waals surface area contributed by atoms with Crippen molar-refractivity contribution in [3.05, 3.63) is 29.8 Å². The summed E-state index contributed by atoms with van der Waals surface area (Å²) >= 11 is 0. The summed E-state index contributed by atoms with van der Waals surface area (Å²) in [6.07, 6.45) is -0.567. The van der Waals surface area contributed by atoms with Crippen LogP contribution in [0, 0.1) is 0 Å². The van der Waals surface area contributed by atoms with Crippen LogP contribution in [0.1, 0.15) is 32.4 Å². The Morgan fingerprint density at radius 1 is 1.32 bits per heavy atom. The molecule has 0 aliphatic carbocycles. The van der Waals surface area contributed by atoms with Gasteiger partial charge in [-0.2, -0.15) is 0 Å². The average Bonchev–Trinajstić information content (AvgIpc) is 2.34. The minimum absolute atomic E-state index is 0.166. The molecule has 2 N–H and O–H groups in total. The van der Waals surface area contributed by atoms with E-state index < -0.39 is 14.4 Å². The van der Waals surface area contributed by atoms with Gasteiger partial charge >= 0.3 is 0 Å². The van der Waals surface area contributed by atoms with Crippen LogP contribution in [-0.4, -0.2) is 27.1 Å². The molecule has 0 fully saturated rings. The topological polar surface area (TPSA) is 41.5 Å². The van der Waals surface area contributed by atoms with Crippen molar-refractivity contribution in [2.24, 2.45) is 0 Å². The normalized spacial score (nSPS) is 14.3. The zero-order chi connectivity index (χ0) is 14.7. The molecule has 1 unspecified atom stereocenters. The van der Waals surface area contributed by atoms with E-state index in [0.717, 1.165) is 11.3 Å². The van der Waals surface area contributed by atoms with Crippen LogP contribution in [0.5, 0.6) is 0 Å². The first-order valence-electron chi connectivity index (χ1n) is 6.77. The van der Waals surface area contributed by atoms with Crippen LogP contribution in [-0.2, 0) is 4.43 Å². The van der Waals surface area contributed by atoms with E-state index in [4.69, 9.17) is 4.43 Å². The maximum atomic E-state index is 10.2. The summed E-state index contributed by atoms with van der Waals surface area (Å²) in [4.78, 5) is 0. The highest BCUT2D eigenvalue weighted by molar-refractivity contribution is 6.74. The molecule has 1 aromatic rings. The van der Waals surface area contributed by atoms with Gasteiger partial charge in [0, 0.05) is 12.7 Å². The summed E-state index contributed by atoms with van der Waals surface area (Å²) in [5.41, 5.74) is 1.90. The quantitative estimate of drug-likeness (QED) is 0.807. The molecule has 0 saturated heterocycles. The van der Waals surface area contributed by atoms with Crippen molar-refractivity contribution in [3.63, 3.8) is 0 Å². The molecule has 1 atom stereocenters. The van der Waals surface area contributed by atoms with Gasteiger partial charge in [0.15, 0.2) is 8.32 Å². The van der Waals surface area contributed by atoms with E-state index in [0.29, 0.717) is 6.61 Å². The fraction of sp³-hybridized carbons (Fsp3) is 0.600. The summed E-state index contributed by atoms with van der Waals surface area (Å²) < 4.78 is 6.05. The van der Waals surface area contributed by atoms with Crippen LogP contribution >= 0.6 is 0 Å². The second kappa shape index (κ2) is 6.07. The van der Waals surface area contributed by atoms with E-state index in [-0.39, 0.29) is 5.04 Å². The number of anilines is 1. The minimum Gasteiger partial charge on any atom is -0.414 e. The Labute approximate surface area is 118 Å². The Bertz CT molecular complexity index is 413. The molecule has 1 rings (SSSR count). The van der Waals surface area contributed by atoms with Crippen LogP contribution in [0.4, 0.5) is 5.69 Å². The Hall–Kier alpha value is -0.843. The summed E-state index contributed by atoms with van der Waals surface area (Å²) in [6, 6.07) is 7.81. The van der Waals surface area contributed by atoms with Crippen molar-refractivity contribution in [1.29, 1.82) is 0 Å². The largest absolute Gasteiger partial charge is 0.414 e. The van der Waals surface area contributed by atoms with Gasteiger partial charge in [-0.1, -0.05) is 32.9 Å². The lowest BCUT2D eigenvalue weighted by Gasteiger charge is -2.36. The Balaban J connectivity index is 2.67. The Kier molecular flexibility index (Phi) is 5.18. The fourth-order valence-electron chi connectivity index (χ4n) is 1.50. The molecular formula is C15H27NO2Si. The minimum atomic E-state index is -1.80. The molecule has 0 radical (unpaired) electrons. The molecule has 0 heterocycles. The summed E-state index contributed by atoms with van der Waals surface area (Å²) in [5.74, 6) is 0. The summed E-state index contributed by atoms with van der Waals surface area (Å²) in [7, 11) is 0.0746. The Morgan fingerprint density at radius 2 is 1.95 bits per heavy atom. The lowest BCUT2D eigenvalue weighted by molar-refractivity contribution is 0.100. The van der Waals surface area contributed by atoms with Crippen molar-refractivity contribution in [1.82, 2.24) is 0 Å². The van der Waals surface area contributed by atoms with Crippen molar-refractivity contribution in [3.8, 4) is 0 Å². The number of nitrogens with one attached hydrogen (secondary N) is 1. The molecule has 0 bridgehead atoms. The van der Waals surface area contributed by atoms with Gasteiger partial charge in [-0.15, -0.1) is 0 Å². The van der Waals surface area contributed by atoms with Crippen LogP contribution in [0.2, 0.25) is 18.1 Å². The molecule has 1 aromatic carbocycles. The van der Waals surface area contributed by atoms with E-state index in [1.165, 1.54) is 0 Å². The van der Waals surface area contributed by atoms with E-state index >= 15 is 0 Å². The van der Waals surface area contributed by atoms with Crippen molar-refractivity contribution < 1.29 is 9.53 Å². The highest BCUT2D eigenvalue weighted by atomic mass is 28.4. The van der Waals surface area contributed by atoms with Crippen LogP contribution in [0.25, 0.3) is 0 Å². The number of aliphatic hydroxyl groups excluding tert-OH is 1. The summed E-state index contributed by atoms with van der Waals surface area (Å²) in [5, 5.41) is 13.5. The smallest absolute Gasteiger partial charge is 0.192 e. The fourth-order valence-corrected chi connectivity index (χ4v) is 2.51. The average molecular weight is 281 g/mol. The van der Waals surface area contributed by atoms with Gasteiger partial charge < -0.3 is 14.8 Å². The van der Waals surface area contributed by atoms with Gasteiger partial charge in [-0.05, 0) is 35.8 Å². The number of benzene rings is 1. The number of aliphatic hydroxyl groups is 1. The molecule has 4 heteroatoms. The van der Waals surface area contributed by atoms with Crippen LogP contribution in [0.15, 0.2) is 24.3 Å². The van der Waals surface area contributed by atoms with Crippen LogP contribution in [0.3, 0.4) is 0 Å². The van der Waals surface area contributed by atoms with Gasteiger partial charge in [0.05, 0.1) is 6.61 Å². The van der Waals surface area contributed by atoms with Gasteiger partial charge in [0.2, 0.25) is 0 Å². The van der Waals surface area contributed by atoms with Crippen molar-refractivity contribution >= 4 is 14.0 Å². The maximum absolute atomic E-state index is 10.2. The third-order valence-electron chi connectivity index (χ3n) is 3.97. The highest BCUT2D eigenvalue weighted by Crippen LogP contribution is 2.37. The molecule has 0 saturated carbocycles. The molecule has 0 amide bonds. The first kappa shape index (κ1) is 16.2. The maximum Gasteiger partial charge on any atom is 0.192 e. The second-order valence-electron chi connectivity index (χ2n) is 6.46. The third kappa shape index (κ3) is 4.33. The molecule has 108 valence electrons. The number of rotatable bonds is 5. The lowest BCUT2D eigenvalue weighted by atomic mass is 10.1. The van der Waals surface area contributed by atoms with Gasteiger partial charge in [-0.25, -0.2) is 0 Å². The molecule has 0 aromatic heterocycles. The number of hydrogen-bond acceptors (Lipinski definition) is 3. The second-order valence-corrected chi connectivity index (χ2v) is 11.3. The van der Waals surface area contributed by atoms with E-state index in [9.17, 15) is 5.11 Å². The van der Waals surface area contributed by atoms with Crippen molar-refractivity contribution in [2.75, 3.05) is 19.0 Å². The summed E-state index contributed by atoms with van der Waals surface area (Å²) in [6.45, 7) is 11.4. The SMILES string of the molecule is CNc1cccc(C(O)CO[Si](C)(C)C(C)(C)C)c1. The van der Waals surface area contributed by atoms with Crippen molar-refractivity contribution in [2.45, 2.75) is 45.0 Å². The van der Waals surface area contributed by atoms with Gasteiger partial charge in [0.1, 0.15) is 6.10 Å². The first-order chi connectivity index (χ1) is 8.67.